The molecule has 0 unspecified atom stereocenters. The van der Waals surface area contributed by atoms with Gasteiger partial charge in [0, 0.05) is 35.8 Å². The van der Waals surface area contributed by atoms with Crippen molar-refractivity contribution in [2.45, 2.75) is 30.2 Å². The molecule has 1 N–H and O–H groups in total. The molecule has 182 valence electrons. The summed E-state index contributed by atoms with van der Waals surface area (Å²) in [4.78, 5) is 16.4. The van der Waals surface area contributed by atoms with Crippen LogP contribution >= 0.6 is 11.9 Å². The van der Waals surface area contributed by atoms with Crippen LogP contribution in [0.1, 0.15) is 40.2 Å². The summed E-state index contributed by atoms with van der Waals surface area (Å²) in [6.07, 6.45) is 2.41. The fourth-order valence-corrected chi connectivity index (χ4v) is 5.65. The molecule has 3 aromatic rings. The van der Waals surface area contributed by atoms with Gasteiger partial charge in [-0.25, -0.2) is 4.31 Å². The third-order valence-electron chi connectivity index (χ3n) is 6.80. The number of ether oxygens (including phenoxy) is 1. The van der Waals surface area contributed by atoms with E-state index >= 15 is 0 Å². The van der Waals surface area contributed by atoms with Crippen LogP contribution in [0.2, 0.25) is 0 Å². The molecular formula is C29H33N3O2S. The minimum atomic E-state index is -0.0752. The molecular weight excluding hydrogens is 454 g/mol. The zero-order chi connectivity index (χ0) is 23.9. The quantitative estimate of drug-likeness (QED) is 0.436. The second-order valence-corrected chi connectivity index (χ2v) is 10.4. The van der Waals surface area contributed by atoms with E-state index in [9.17, 15) is 4.79 Å². The zero-order valence-electron chi connectivity index (χ0n) is 20.1. The van der Waals surface area contributed by atoms with Crippen LogP contribution in [0.25, 0.3) is 0 Å². The van der Waals surface area contributed by atoms with Crippen LogP contribution in [-0.2, 0) is 11.3 Å². The van der Waals surface area contributed by atoms with E-state index in [1.165, 1.54) is 28.9 Å². The van der Waals surface area contributed by atoms with Crippen LogP contribution in [0.15, 0.2) is 83.8 Å². The fraction of sp³-hybridized carbons (Fsp3) is 0.345. The van der Waals surface area contributed by atoms with Crippen molar-refractivity contribution in [3.05, 3.63) is 95.6 Å². The number of benzene rings is 3. The highest BCUT2D eigenvalue weighted by Gasteiger charge is 2.20. The Hall–Kier alpha value is -2.64. The second kappa shape index (κ2) is 11.9. The Labute approximate surface area is 212 Å². The number of anilines is 1. The first-order chi connectivity index (χ1) is 17.2. The van der Waals surface area contributed by atoms with Crippen molar-refractivity contribution in [2.24, 2.45) is 0 Å². The van der Waals surface area contributed by atoms with Crippen molar-refractivity contribution in [1.82, 2.24) is 9.21 Å². The van der Waals surface area contributed by atoms with Crippen LogP contribution in [-0.4, -0.2) is 54.5 Å². The number of amides is 1. The fourth-order valence-electron chi connectivity index (χ4n) is 4.76. The van der Waals surface area contributed by atoms with E-state index in [2.05, 4.69) is 69.1 Å². The van der Waals surface area contributed by atoms with Crippen LogP contribution < -0.4 is 5.32 Å². The second-order valence-electron chi connectivity index (χ2n) is 9.27. The average Bonchev–Trinajstić information content (AvgIpc) is 2.92. The summed E-state index contributed by atoms with van der Waals surface area (Å²) in [7, 11) is 0. The summed E-state index contributed by atoms with van der Waals surface area (Å²) in [6, 6.07) is 27.0. The van der Waals surface area contributed by atoms with Gasteiger partial charge in [-0.05, 0) is 91.3 Å². The molecule has 0 spiro atoms. The van der Waals surface area contributed by atoms with Gasteiger partial charge in [-0.1, -0.05) is 42.5 Å². The minimum absolute atomic E-state index is 0.0752. The smallest absolute Gasteiger partial charge is 0.255 e. The van der Waals surface area contributed by atoms with E-state index in [1.807, 2.05) is 24.3 Å². The average molecular weight is 488 g/mol. The number of carbonyl (C=O) groups is 1. The van der Waals surface area contributed by atoms with Gasteiger partial charge in [0.2, 0.25) is 0 Å². The lowest BCUT2D eigenvalue weighted by Gasteiger charge is -2.32. The molecule has 0 aromatic heterocycles. The molecule has 2 aliphatic heterocycles. The number of carbonyl (C=O) groups excluding carboxylic acids is 1. The summed E-state index contributed by atoms with van der Waals surface area (Å²) in [5, 5.41) is 3.02. The molecule has 3 aromatic carbocycles. The lowest BCUT2D eigenvalue weighted by atomic mass is 9.89. The summed E-state index contributed by atoms with van der Waals surface area (Å²) in [5.41, 5.74) is 4.22. The molecule has 2 fully saturated rings. The largest absolute Gasteiger partial charge is 0.379 e. The van der Waals surface area contributed by atoms with Crippen molar-refractivity contribution in [2.75, 3.05) is 44.7 Å². The molecule has 0 radical (unpaired) electrons. The van der Waals surface area contributed by atoms with Gasteiger partial charge in [-0.3, -0.25) is 9.69 Å². The molecule has 5 nitrogen and oxygen atoms in total. The van der Waals surface area contributed by atoms with E-state index < -0.39 is 0 Å². The van der Waals surface area contributed by atoms with Crippen molar-refractivity contribution in [3.8, 4) is 0 Å². The van der Waals surface area contributed by atoms with Gasteiger partial charge in [-0.15, -0.1) is 0 Å². The highest BCUT2D eigenvalue weighted by atomic mass is 32.2. The molecule has 2 aliphatic rings. The van der Waals surface area contributed by atoms with Crippen molar-refractivity contribution in [3.63, 3.8) is 0 Å². The molecule has 5 rings (SSSR count). The first kappa shape index (κ1) is 24.1. The molecule has 1 amide bonds. The third kappa shape index (κ3) is 6.73. The first-order valence-corrected chi connectivity index (χ1v) is 13.3. The van der Waals surface area contributed by atoms with E-state index in [0.717, 1.165) is 51.6 Å². The summed E-state index contributed by atoms with van der Waals surface area (Å²) >= 11 is 1.74. The molecule has 6 heteroatoms. The molecule has 0 aliphatic carbocycles. The van der Waals surface area contributed by atoms with E-state index in [1.54, 1.807) is 11.9 Å². The van der Waals surface area contributed by atoms with Gasteiger partial charge in [0.25, 0.3) is 5.91 Å². The Kier molecular flexibility index (Phi) is 8.16. The lowest BCUT2D eigenvalue weighted by molar-refractivity contribution is 0.0773. The lowest BCUT2D eigenvalue weighted by Crippen LogP contribution is -2.32. The number of likely N-dealkylation sites (tertiary alicyclic amines) is 1. The minimum Gasteiger partial charge on any atom is -0.379 e. The molecule has 0 saturated carbocycles. The van der Waals surface area contributed by atoms with Gasteiger partial charge in [0.15, 0.2) is 0 Å². The number of piperidine rings is 1. The Morgan fingerprint density at radius 3 is 2.23 bits per heavy atom. The number of morpholine rings is 1. The van der Waals surface area contributed by atoms with E-state index in [0.29, 0.717) is 11.5 Å². The van der Waals surface area contributed by atoms with Crippen LogP contribution in [0, 0.1) is 0 Å². The summed E-state index contributed by atoms with van der Waals surface area (Å²) < 4.78 is 7.71. The van der Waals surface area contributed by atoms with E-state index in [-0.39, 0.29) is 5.91 Å². The topological polar surface area (TPSA) is 44.8 Å². The molecule has 35 heavy (non-hydrogen) atoms. The number of rotatable bonds is 7. The summed E-state index contributed by atoms with van der Waals surface area (Å²) in [5.74, 6) is 0.597. The number of hydrogen-bond acceptors (Lipinski definition) is 5. The number of hydrogen-bond donors (Lipinski definition) is 1. The first-order valence-electron chi connectivity index (χ1n) is 12.5. The Balaban J connectivity index is 1.09. The molecule has 0 atom stereocenters. The zero-order valence-corrected chi connectivity index (χ0v) is 20.9. The Bertz CT molecular complexity index is 1080. The van der Waals surface area contributed by atoms with Gasteiger partial charge >= 0.3 is 0 Å². The van der Waals surface area contributed by atoms with E-state index in [4.69, 9.17) is 4.74 Å². The Morgan fingerprint density at radius 2 is 1.54 bits per heavy atom. The monoisotopic (exact) mass is 487 g/mol. The predicted molar refractivity (Wildman–Crippen MR) is 143 cm³/mol. The summed E-state index contributed by atoms with van der Waals surface area (Å²) in [6.45, 7) is 6.60. The van der Waals surface area contributed by atoms with Gasteiger partial charge < -0.3 is 10.1 Å². The number of nitrogens with zero attached hydrogens (tertiary/aromatic N) is 2. The van der Waals surface area contributed by atoms with Gasteiger partial charge in [0.05, 0.1) is 13.2 Å². The normalized spacial score (nSPS) is 17.8. The molecule has 2 heterocycles. The van der Waals surface area contributed by atoms with Crippen LogP contribution in [0.5, 0.6) is 0 Å². The number of nitrogens with one attached hydrogen (secondary N) is 1. The molecule has 2 saturated heterocycles. The van der Waals surface area contributed by atoms with Crippen LogP contribution in [0.4, 0.5) is 5.69 Å². The van der Waals surface area contributed by atoms with Crippen molar-refractivity contribution < 1.29 is 9.53 Å². The SMILES string of the molecule is O=C(Nc1ccc(SN2CCOCC2)cc1)c1ccc(CN2CCC(c3ccccc3)CC2)cc1. The third-order valence-corrected chi connectivity index (χ3v) is 7.90. The Morgan fingerprint density at radius 1 is 0.857 bits per heavy atom. The maximum Gasteiger partial charge on any atom is 0.255 e. The predicted octanol–water partition coefficient (Wildman–Crippen LogP) is 5.66. The van der Waals surface area contributed by atoms with Crippen LogP contribution in [0.3, 0.4) is 0 Å². The van der Waals surface area contributed by atoms with Gasteiger partial charge in [-0.2, -0.15) is 0 Å². The van der Waals surface area contributed by atoms with Gasteiger partial charge in [0.1, 0.15) is 0 Å². The maximum absolute atomic E-state index is 12.7. The molecule has 0 bridgehead atoms. The standard InChI is InChI=1S/C29H33N3O2S/c33-29(30-27-10-12-28(13-11-27)35-32-18-20-34-21-19-32)26-8-6-23(7-9-26)22-31-16-14-25(15-17-31)24-4-2-1-3-5-24/h1-13,25H,14-22H2,(H,30,33). The highest BCUT2D eigenvalue weighted by molar-refractivity contribution is 7.97. The maximum atomic E-state index is 12.7. The highest BCUT2D eigenvalue weighted by Crippen LogP contribution is 2.28. The van der Waals surface area contributed by atoms with Crippen molar-refractivity contribution in [1.29, 1.82) is 0 Å². The van der Waals surface area contributed by atoms with Crippen molar-refractivity contribution >= 4 is 23.5 Å².